The third-order valence-electron chi connectivity index (χ3n) is 4.76. The molecule has 0 radical (unpaired) electrons. The smallest absolute Gasteiger partial charge is 0.242 e. The van der Waals surface area contributed by atoms with Crippen LogP contribution in [0.2, 0.25) is 0 Å². The highest BCUT2D eigenvalue weighted by molar-refractivity contribution is 8.00. The minimum absolute atomic E-state index is 0.0171. The molecule has 0 aliphatic heterocycles. The van der Waals surface area contributed by atoms with Crippen molar-refractivity contribution in [3.05, 3.63) is 66.2 Å². The molecule has 0 saturated heterocycles. The number of nitrogens with zero attached hydrogens (tertiary/aromatic N) is 1. The van der Waals surface area contributed by atoms with Crippen LogP contribution in [0.3, 0.4) is 0 Å². The van der Waals surface area contributed by atoms with Crippen LogP contribution in [0, 0.1) is 0 Å². The molecule has 0 heterocycles. The van der Waals surface area contributed by atoms with E-state index in [4.69, 9.17) is 0 Å². The third-order valence-corrected chi connectivity index (χ3v) is 5.75. The Labute approximate surface area is 172 Å². The van der Waals surface area contributed by atoms with Gasteiger partial charge in [0.05, 0.1) is 5.75 Å². The second kappa shape index (κ2) is 11.5. The molecule has 2 amide bonds. The summed E-state index contributed by atoms with van der Waals surface area (Å²) in [7, 11) is 0. The van der Waals surface area contributed by atoms with Gasteiger partial charge in [-0.15, -0.1) is 11.8 Å². The summed E-state index contributed by atoms with van der Waals surface area (Å²) in [6.45, 7) is 6.34. The minimum Gasteiger partial charge on any atom is -0.352 e. The van der Waals surface area contributed by atoms with Crippen LogP contribution < -0.4 is 5.32 Å². The van der Waals surface area contributed by atoms with Crippen LogP contribution >= 0.6 is 11.8 Å². The highest BCUT2D eigenvalue weighted by atomic mass is 32.2. The molecule has 0 aromatic heterocycles. The quantitative estimate of drug-likeness (QED) is 0.612. The van der Waals surface area contributed by atoms with Crippen LogP contribution in [0.1, 0.15) is 32.8 Å². The van der Waals surface area contributed by atoms with Gasteiger partial charge in [0.2, 0.25) is 11.8 Å². The Kier molecular flexibility index (Phi) is 9.08. The number of benzene rings is 2. The van der Waals surface area contributed by atoms with Gasteiger partial charge in [0.25, 0.3) is 0 Å². The van der Waals surface area contributed by atoms with Crippen molar-refractivity contribution in [2.24, 2.45) is 0 Å². The van der Waals surface area contributed by atoms with E-state index in [1.54, 1.807) is 4.90 Å². The first kappa shape index (κ1) is 22.0. The number of amides is 2. The van der Waals surface area contributed by atoms with Crippen molar-refractivity contribution in [1.29, 1.82) is 0 Å². The summed E-state index contributed by atoms with van der Waals surface area (Å²) in [4.78, 5) is 28.4. The van der Waals surface area contributed by atoms with Gasteiger partial charge < -0.3 is 10.2 Å². The van der Waals surface area contributed by atoms with Crippen LogP contribution in [0.25, 0.3) is 0 Å². The average molecular weight is 399 g/mol. The van der Waals surface area contributed by atoms with Gasteiger partial charge in [-0.1, -0.05) is 55.5 Å². The SMILES string of the molecule is CCC(C)NC(=O)C(C)N(CCc1ccccc1)C(=O)CSc1ccccc1. The molecular weight excluding hydrogens is 368 g/mol. The largest absolute Gasteiger partial charge is 0.352 e. The second-order valence-electron chi connectivity index (χ2n) is 6.92. The summed E-state index contributed by atoms with van der Waals surface area (Å²) in [6, 6.07) is 19.5. The van der Waals surface area contributed by atoms with Gasteiger partial charge in [-0.05, 0) is 44.4 Å². The van der Waals surface area contributed by atoms with Crippen molar-refractivity contribution in [1.82, 2.24) is 10.2 Å². The maximum Gasteiger partial charge on any atom is 0.242 e. The molecule has 0 aliphatic rings. The van der Waals surface area contributed by atoms with E-state index in [0.29, 0.717) is 12.3 Å². The van der Waals surface area contributed by atoms with E-state index >= 15 is 0 Å². The molecule has 2 aromatic carbocycles. The van der Waals surface area contributed by atoms with Gasteiger partial charge >= 0.3 is 0 Å². The van der Waals surface area contributed by atoms with E-state index < -0.39 is 6.04 Å². The monoisotopic (exact) mass is 398 g/mol. The number of hydrogen-bond donors (Lipinski definition) is 1. The first-order valence-electron chi connectivity index (χ1n) is 9.82. The van der Waals surface area contributed by atoms with E-state index in [2.05, 4.69) is 5.32 Å². The highest BCUT2D eigenvalue weighted by Crippen LogP contribution is 2.18. The predicted octanol–water partition coefficient (Wildman–Crippen LogP) is 4.15. The Bertz CT molecular complexity index is 737. The van der Waals surface area contributed by atoms with Gasteiger partial charge in [-0.25, -0.2) is 0 Å². The van der Waals surface area contributed by atoms with Crippen LogP contribution in [-0.2, 0) is 16.0 Å². The molecule has 2 rings (SSSR count). The lowest BCUT2D eigenvalue weighted by atomic mass is 10.1. The summed E-state index contributed by atoms with van der Waals surface area (Å²) >= 11 is 1.50. The molecule has 5 heteroatoms. The maximum absolute atomic E-state index is 13.0. The molecule has 0 bridgehead atoms. The molecule has 0 fully saturated rings. The maximum atomic E-state index is 13.0. The van der Waals surface area contributed by atoms with Crippen LogP contribution in [0.5, 0.6) is 0 Å². The van der Waals surface area contributed by atoms with Crippen molar-refractivity contribution >= 4 is 23.6 Å². The topological polar surface area (TPSA) is 49.4 Å². The lowest BCUT2D eigenvalue weighted by molar-refractivity contribution is -0.138. The molecule has 0 aliphatic carbocycles. The normalized spacial score (nSPS) is 12.8. The predicted molar refractivity (Wildman–Crippen MR) is 116 cm³/mol. The highest BCUT2D eigenvalue weighted by Gasteiger charge is 2.26. The standard InChI is InChI=1S/C23H30N2O2S/c1-4-18(2)24-23(27)19(3)25(16-15-20-11-7-5-8-12-20)22(26)17-28-21-13-9-6-10-14-21/h5-14,18-19H,4,15-17H2,1-3H3,(H,24,27). The lowest BCUT2D eigenvalue weighted by Gasteiger charge is -2.29. The van der Waals surface area contributed by atoms with Crippen molar-refractivity contribution in [2.45, 2.75) is 50.6 Å². The summed E-state index contributed by atoms with van der Waals surface area (Å²) < 4.78 is 0. The Balaban J connectivity index is 2.05. The van der Waals surface area contributed by atoms with Crippen molar-refractivity contribution in [3.8, 4) is 0 Å². The molecule has 150 valence electrons. The number of carbonyl (C=O) groups excluding carboxylic acids is 2. The molecular formula is C23H30N2O2S. The molecule has 0 saturated carbocycles. The summed E-state index contributed by atoms with van der Waals surface area (Å²) in [5, 5.41) is 3.00. The first-order valence-corrected chi connectivity index (χ1v) is 10.8. The fraction of sp³-hybridized carbons (Fsp3) is 0.391. The van der Waals surface area contributed by atoms with E-state index in [1.807, 2.05) is 81.4 Å². The molecule has 2 atom stereocenters. The lowest BCUT2D eigenvalue weighted by Crippen LogP contribution is -2.51. The Morgan fingerprint density at radius 1 is 1.00 bits per heavy atom. The molecule has 2 aromatic rings. The van der Waals surface area contributed by atoms with Crippen molar-refractivity contribution in [2.75, 3.05) is 12.3 Å². The summed E-state index contributed by atoms with van der Waals surface area (Å²) in [5.74, 6) is 0.205. The van der Waals surface area contributed by atoms with E-state index in [1.165, 1.54) is 11.8 Å². The molecule has 4 nitrogen and oxygen atoms in total. The van der Waals surface area contributed by atoms with Crippen LogP contribution in [0.15, 0.2) is 65.6 Å². The van der Waals surface area contributed by atoms with Gasteiger partial charge in [0.15, 0.2) is 0 Å². The average Bonchev–Trinajstić information content (AvgIpc) is 2.73. The summed E-state index contributed by atoms with van der Waals surface area (Å²) in [6.07, 6.45) is 1.59. The molecule has 0 spiro atoms. The fourth-order valence-corrected chi connectivity index (χ4v) is 3.59. The number of thioether (sulfide) groups is 1. The zero-order valence-corrected chi connectivity index (χ0v) is 17.7. The zero-order valence-electron chi connectivity index (χ0n) is 16.9. The number of hydrogen-bond acceptors (Lipinski definition) is 3. The minimum atomic E-state index is -0.499. The number of nitrogens with one attached hydrogen (secondary N) is 1. The van der Waals surface area contributed by atoms with Gasteiger partial charge in [0.1, 0.15) is 6.04 Å². The van der Waals surface area contributed by atoms with Gasteiger partial charge in [-0.3, -0.25) is 9.59 Å². The van der Waals surface area contributed by atoms with E-state index in [-0.39, 0.29) is 17.9 Å². The first-order chi connectivity index (χ1) is 13.5. The Hall–Kier alpha value is -2.27. The Morgan fingerprint density at radius 3 is 2.21 bits per heavy atom. The van der Waals surface area contributed by atoms with Gasteiger partial charge in [0, 0.05) is 17.5 Å². The van der Waals surface area contributed by atoms with E-state index in [9.17, 15) is 9.59 Å². The fourth-order valence-electron chi connectivity index (χ4n) is 2.78. The summed E-state index contributed by atoms with van der Waals surface area (Å²) in [5.41, 5.74) is 1.16. The molecule has 2 unspecified atom stereocenters. The van der Waals surface area contributed by atoms with E-state index in [0.717, 1.165) is 23.3 Å². The Morgan fingerprint density at radius 2 is 1.61 bits per heavy atom. The number of rotatable bonds is 10. The zero-order chi connectivity index (χ0) is 20.4. The molecule has 28 heavy (non-hydrogen) atoms. The number of carbonyl (C=O) groups is 2. The van der Waals surface area contributed by atoms with Crippen LogP contribution in [-0.4, -0.2) is 41.1 Å². The van der Waals surface area contributed by atoms with Crippen molar-refractivity contribution < 1.29 is 9.59 Å². The third kappa shape index (κ3) is 7.04. The molecule has 1 N–H and O–H groups in total. The van der Waals surface area contributed by atoms with Crippen LogP contribution in [0.4, 0.5) is 0 Å². The van der Waals surface area contributed by atoms with Gasteiger partial charge in [-0.2, -0.15) is 0 Å². The second-order valence-corrected chi connectivity index (χ2v) is 7.97. The van der Waals surface area contributed by atoms with Crippen molar-refractivity contribution in [3.63, 3.8) is 0 Å².